The van der Waals surface area contributed by atoms with E-state index in [1.54, 1.807) is 6.08 Å². The van der Waals surface area contributed by atoms with Crippen molar-refractivity contribution in [2.75, 3.05) is 6.61 Å². The van der Waals surface area contributed by atoms with Gasteiger partial charge in [0, 0.05) is 23.6 Å². The predicted octanol–water partition coefficient (Wildman–Crippen LogP) is 5.29. The molecule has 1 heterocycles. The molecule has 2 atom stereocenters. The fourth-order valence-electron chi connectivity index (χ4n) is 5.22. The second-order valence-electron chi connectivity index (χ2n) is 10.1. The van der Waals surface area contributed by atoms with E-state index >= 15 is 0 Å². The Morgan fingerprint density at radius 2 is 1.53 bits per heavy atom. The molecule has 0 amide bonds. The molecule has 0 aromatic rings. The lowest BCUT2D eigenvalue weighted by molar-refractivity contribution is -0.151. The third-order valence-corrected chi connectivity index (χ3v) is 7.14. The molecule has 9 heteroatoms. The third kappa shape index (κ3) is 9.58. The van der Waals surface area contributed by atoms with Crippen LogP contribution in [-0.2, 0) is 33.4 Å². The smallest absolute Gasteiger partial charge is 0.342 e. The number of hydrogen-bond acceptors (Lipinski definition) is 7. The number of ether oxygens (including phenoxy) is 2. The highest BCUT2D eigenvalue weighted by Crippen LogP contribution is 2.40. The van der Waals surface area contributed by atoms with E-state index in [-0.39, 0.29) is 60.0 Å². The first-order valence-electron chi connectivity index (χ1n) is 13.6. The van der Waals surface area contributed by atoms with Crippen LogP contribution in [-0.4, -0.2) is 46.7 Å². The average molecular weight is 533 g/mol. The molecular weight excluding hydrogens is 492 g/mol. The molecule has 38 heavy (non-hydrogen) atoms. The van der Waals surface area contributed by atoms with Gasteiger partial charge in [0.1, 0.15) is 6.61 Å². The van der Waals surface area contributed by atoms with Gasteiger partial charge in [0.15, 0.2) is 0 Å². The van der Waals surface area contributed by atoms with Gasteiger partial charge in [-0.1, -0.05) is 57.6 Å². The molecule has 1 aliphatic carbocycles. The van der Waals surface area contributed by atoms with Crippen LogP contribution in [0.25, 0.3) is 0 Å². The Kier molecular flexibility index (Phi) is 13.0. The third-order valence-electron chi connectivity index (χ3n) is 7.14. The zero-order chi connectivity index (χ0) is 28.1. The quantitative estimate of drug-likeness (QED) is 0.124. The van der Waals surface area contributed by atoms with Crippen LogP contribution in [0.4, 0.5) is 0 Å². The maximum absolute atomic E-state index is 12.6. The molecule has 9 nitrogen and oxygen atoms in total. The van der Waals surface area contributed by atoms with E-state index in [4.69, 9.17) is 9.47 Å². The van der Waals surface area contributed by atoms with Crippen LogP contribution in [0.5, 0.6) is 0 Å². The first-order chi connectivity index (χ1) is 18.1. The number of rotatable bonds is 15. The molecule has 0 saturated heterocycles. The molecule has 2 rings (SSSR count). The van der Waals surface area contributed by atoms with Crippen molar-refractivity contribution in [1.82, 2.24) is 0 Å². The van der Waals surface area contributed by atoms with Crippen LogP contribution in [0, 0.1) is 11.8 Å². The number of cyclic esters (lactones) is 2. The van der Waals surface area contributed by atoms with E-state index < -0.39 is 29.8 Å². The van der Waals surface area contributed by atoms with Gasteiger partial charge in [0.05, 0.1) is 5.57 Å². The highest BCUT2D eigenvalue weighted by atomic mass is 16.6. The zero-order valence-corrected chi connectivity index (χ0v) is 22.5. The standard InChI is InChI=1S/C29H40O9/c1-3-4-5-6-7-11-14-21-18-23-22(28(35)38-29(23)36)16-20(13-10-8-9-12-15-37-19(2)30)17-24(26(31)32)25(21)27(33)34/h9,12,20-21H,3-8,10-11,13-18H2,1-2H3,(H,31,32)(H,33,34)/b12-9+,25-24-/t20-,21-/m1/s1. The second-order valence-corrected chi connectivity index (χ2v) is 10.1. The fraction of sp³-hybridized carbons (Fsp3) is 0.621. The Balaban J connectivity index is 2.29. The summed E-state index contributed by atoms with van der Waals surface area (Å²) in [7, 11) is 0. The summed E-state index contributed by atoms with van der Waals surface area (Å²) in [6, 6.07) is 0. The summed E-state index contributed by atoms with van der Waals surface area (Å²) in [5.74, 6) is -5.48. The first-order valence-corrected chi connectivity index (χ1v) is 13.6. The maximum Gasteiger partial charge on any atom is 0.342 e. The monoisotopic (exact) mass is 532 g/mol. The predicted molar refractivity (Wildman–Crippen MR) is 139 cm³/mol. The maximum atomic E-state index is 12.6. The van der Waals surface area contributed by atoms with Gasteiger partial charge in [0.25, 0.3) is 0 Å². The Morgan fingerprint density at radius 1 is 0.868 bits per heavy atom. The van der Waals surface area contributed by atoms with Crippen molar-refractivity contribution >= 4 is 29.8 Å². The Hall–Kier alpha value is -3.23. The molecule has 2 N–H and O–H groups in total. The van der Waals surface area contributed by atoms with Crippen LogP contribution in [0.3, 0.4) is 0 Å². The van der Waals surface area contributed by atoms with Gasteiger partial charge >= 0.3 is 29.8 Å². The SMILES string of the molecule is CCCCCCCC[C@@H]1CC2=C(C[C@@H](CCC/C=C/COC(C)=O)C/C(C(=O)O)=C\1C(=O)O)C(=O)OC2=O. The van der Waals surface area contributed by atoms with Crippen LogP contribution in [0.2, 0.25) is 0 Å². The molecule has 0 radical (unpaired) electrons. The number of carbonyl (C=O) groups excluding carboxylic acids is 3. The van der Waals surface area contributed by atoms with E-state index in [0.29, 0.717) is 32.1 Å². The number of carbonyl (C=O) groups is 5. The van der Waals surface area contributed by atoms with Gasteiger partial charge in [-0.2, -0.15) is 0 Å². The Morgan fingerprint density at radius 3 is 2.16 bits per heavy atom. The molecule has 0 unspecified atom stereocenters. The lowest BCUT2D eigenvalue weighted by Crippen LogP contribution is -2.21. The number of hydrogen-bond donors (Lipinski definition) is 2. The molecule has 0 bridgehead atoms. The summed E-state index contributed by atoms with van der Waals surface area (Å²) in [4.78, 5) is 60.7. The first kappa shape index (κ1) is 31.0. The van der Waals surface area contributed by atoms with Crippen LogP contribution in [0.15, 0.2) is 34.4 Å². The van der Waals surface area contributed by atoms with Crippen molar-refractivity contribution in [1.29, 1.82) is 0 Å². The molecule has 0 aromatic carbocycles. The second kappa shape index (κ2) is 15.9. The minimum absolute atomic E-state index is 0.0145. The van der Waals surface area contributed by atoms with Gasteiger partial charge < -0.3 is 19.7 Å². The summed E-state index contributed by atoms with van der Waals surface area (Å²) in [6.45, 7) is 3.61. The highest BCUT2D eigenvalue weighted by molar-refractivity contribution is 6.12. The summed E-state index contributed by atoms with van der Waals surface area (Å²) >= 11 is 0. The number of unbranched alkanes of at least 4 members (excludes halogenated alkanes) is 6. The van der Waals surface area contributed by atoms with Gasteiger partial charge in [-0.05, 0) is 56.8 Å². The lowest BCUT2D eigenvalue weighted by Gasteiger charge is -2.21. The van der Waals surface area contributed by atoms with Crippen LogP contribution in [0.1, 0.15) is 97.3 Å². The van der Waals surface area contributed by atoms with Gasteiger partial charge in [-0.3, -0.25) is 4.79 Å². The molecule has 2 aliphatic rings. The molecular formula is C29H40O9. The van der Waals surface area contributed by atoms with Crippen molar-refractivity contribution in [2.45, 2.75) is 97.3 Å². The molecule has 0 spiro atoms. The minimum atomic E-state index is -1.30. The zero-order valence-electron chi connectivity index (χ0n) is 22.5. The Labute approximate surface area is 224 Å². The van der Waals surface area contributed by atoms with E-state index in [2.05, 4.69) is 6.92 Å². The van der Waals surface area contributed by atoms with Crippen LogP contribution < -0.4 is 0 Å². The summed E-state index contributed by atoms with van der Waals surface area (Å²) in [6.07, 6.45) is 11.8. The van der Waals surface area contributed by atoms with E-state index in [0.717, 1.165) is 32.1 Å². The number of esters is 3. The van der Waals surface area contributed by atoms with Crippen molar-refractivity contribution in [3.8, 4) is 0 Å². The molecule has 0 aromatic heterocycles. The van der Waals surface area contributed by atoms with E-state index in [1.807, 2.05) is 6.08 Å². The molecule has 1 aliphatic heterocycles. The summed E-state index contributed by atoms with van der Waals surface area (Å²) in [5.41, 5.74) is 0.112. The number of carboxylic acid groups (broad SMARTS) is 2. The van der Waals surface area contributed by atoms with Crippen molar-refractivity contribution in [3.05, 3.63) is 34.4 Å². The van der Waals surface area contributed by atoms with Gasteiger partial charge in [0.2, 0.25) is 0 Å². The molecule has 0 saturated carbocycles. The van der Waals surface area contributed by atoms with Crippen molar-refractivity contribution < 1.29 is 43.7 Å². The molecule has 0 fully saturated rings. The van der Waals surface area contributed by atoms with E-state index in [1.165, 1.54) is 6.92 Å². The fourth-order valence-corrected chi connectivity index (χ4v) is 5.22. The normalized spacial score (nSPS) is 22.1. The molecule has 210 valence electrons. The topological polar surface area (TPSA) is 144 Å². The minimum Gasteiger partial charge on any atom is -0.478 e. The van der Waals surface area contributed by atoms with Gasteiger partial charge in [-0.15, -0.1) is 0 Å². The Bertz CT molecular complexity index is 986. The number of allylic oxidation sites excluding steroid dienone is 1. The summed E-state index contributed by atoms with van der Waals surface area (Å²) in [5, 5.41) is 20.2. The average Bonchev–Trinajstić information content (AvgIpc) is 3.13. The van der Waals surface area contributed by atoms with Crippen molar-refractivity contribution in [2.24, 2.45) is 11.8 Å². The van der Waals surface area contributed by atoms with Gasteiger partial charge in [-0.25, -0.2) is 19.2 Å². The summed E-state index contributed by atoms with van der Waals surface area (Å²) < 4.78 is 9.75. The van der Waals surface area contributed by atoms with E-state index in [9.17, 15) is 34.2 Å². The number of carboxylic acids is 2. The largest absolute Gasteiger partial charge is 0.478 e. The van der Waals surface area contributed by atoms with Crippen LogP contribution >= 0.6 is 0 Å². The highest BCUT2D eigenvalue weighted by Gasteiger charge is 2.40. The number of aliphatic carboxylic acids is 2. The lowest BCUT2D eigenvalue weighted by atomic mass is 9.83. The van der Waals surface area contributed by atoms with Crippen molar-refractivity contribution in [3.63, 3.8) is 0 Å².